The van der Waals surface area contributed by atoms with E-state index in [9.17, 15) is 14.4 Å². The Morgan fingerprint density at radius 3 is 2.37 bits per heavy atom. The van der Waals surface area contributed by atoms with E-state index in [1.54, 1.807) is 18.2 Å². The summed E-state index contributed by atoms with van der Waals surface area (Å²) < 4.78 is 0. The molecule has 1 saturated heterocycles. The predicted molar refractivity (Wildman–Crippen MR) is 113 cm³/mol. The average molecular weight is 409 g/mol. The molecule has 1 atom stereocenters. The molecule has 5 aliphatic rings. The van der Waals surface area contributed by atoms with Gasteiger partial charge in [-0.3, -0.25) is 9.59 Å². The standard InChI is InChI=1S/C23H28N4O3/c28-20(24-16-3-4-17-18(9-16)26-22(30)25-17)19-2-1-5-27(19)21(29)23-10-13-6-14(11-23)8-15(7-13)12-23/h3-4,9,13-15,19H,1-2,5-8,10-12H2,(H,24,28)(H2,25,26,30)/t13?,14?,15?,19-,23?/m1/s1. The lowest BCUT2D eigenvalue weighted by Gasteiger charge is -2.56. The number of aromatic amines is 2. The molecular formula is C23H28N4O3. The van der Waals surface area contributed by atoms with E-state index in [0.717, 1.165) is 25.7 Å². The van der Waals surface area contributed by atoms with Crippen molar-refractivity contribution in [2.24, 2.45) is 23.2 Å². The molecule has 7 rings (SSSR count). The molecule has 4 aliphatic carbocycles. The monoisotopic (exact) mass is 408 g/mol. The highest BCUT2D eigenvalue weighted by atomic mass is 16.2. The van der Waals surface area contributed by atoms with Crippen molar-refractivity contribution in [3.63, 3.8) is 0 Å². The van der Waals surface area contributed by atoms with Crippen LogP contribution in [0.4, 0.5) is 5.69 Å². The number of rotatable bonds is 3. The van der Waals surface area contributed by atoms with Gasteiger partial charge in [0.25, 0.3) is 0 Å². The number of fused-ring (bicyclic) bond motifs is 1. The number of imidazole rings is 1. The Balaban J connectivity index is 1.21. The summed E-state index contributed by atoms with van der Waals surface area (Å²) in [5, 5.41) is 2.98. The second kappa shape index (κ2) is 6.46. The predicted octanol–water partition coefficient (Wildman–Crippen LogP) is 3.00. The number of anilines is 1. The number of hydrogen-bond donors (Lipinski definition) is 3. The van der Waals surface area contributed by atoms with Gasteiger partial charge in [-0.15, -0.1) is 0 Å². The van der Waals surface area contributed by atoms with Gasteiger partial charge in [0, 0.05) is 12.2 Å². The molecule has 0 unspecified atom stereocenters. The number of H-pyrrole nitrogens is 2. The van der Waals surface area contributed by atoms with E-state index in [4.69, 9.17) is 0 Å². The van der Waals surface area contributed by atoms with Crippen LogP contribution in [0, 0.1) is 23.2 Å². The minimum Gasteiger partial charge on any atom is -0.330 e. The molecule has 2 heterocycles. The second-order valence-corrected chi connectivity index (χ2v) is 10.2. The number of amides is 2. The molecule has 0 spiro atoms. The Morgan fingerprint density at radius 2 is 1.67 bits per heavy atom. The normalized spacial score (nSPS) is 34.6. The number of aromatic nitrogens is 2. The summed E-state index contributed by atoms with van der Waals surface area (Å²) in [5.41, 5.74) is 1.53. The highest BCUT2D eigenvalue weighted by molar-refractivity contribution is 5.99. The summed E-state index contributed by atoms with van der Waals surface area (Å²) >= 11 is 0. The lowest BCUT2D eigenvalue weighted by Crippen LogP contribution is -2.56. The van der Waals surface area contributed by atoms with E-state index in [2.05, 4.69) is 15.3 Å². The molecule has 158 valence electrons. The Bertz CT molecular complexity index is 1050. The smallest absolute Gasteiger partial charge is 0.323 e. The van der Waals surface area contributed by atoms with Crippen molar-refractivity contribution in [1.82, 2.24) is 14.9 Å². The summed E-state index contributed by atoms with van der Waals surface area (Å²) in [4.78, 5) is 45.6. The van der Waals surface area contributed by atoms with Crippen molar-refractivity contribution in [1.29, 1.82) is 0 Å². The number of nitrogens with one attached hydrogen (secondary N) is 3. The maximum atomic E-state index is 13.7. The second-order valence-electron chi connectivity index (χ2n) is 10.2. The van der Waals surface area contributed by atoms with Crippen LogP contribution in [0.25, 0.3) is 11.0 Å². The molecule has 3 N–H and O–H groups in total. The number of carbonyl (C=O) groups excluding carboxylic acids is 2. The van der Waals surface area contributed by atoms with Crippen LogP contribution < -0.4 is 11.0 Å². The van der Waals surface area contributed by atoms with E-state index in [1.807, 2.05) is 4.90 Å². The zero-order valence-corrected chi connectivity index (χ0v) is 17.1. The molecule has 0 radical (unpaired) electrons. The zero-order valence-electron chi connectivity index (χ0n) is 17.1. The first-order chi connectivity index (χ1) is 14.5. The number of carbonyl (C=O) groups is 2. The Kier molecular flexibility index (Phi) is 3.92. The molecule has 2 aromatic rings. The van der Waals surface area contributed by atoms with E-state index in [-0.39, 0.29) is 22.9 Å². The van der Waals surface area contributed by atoms with E-state index < -0.39 is 6.04 Å². The maximum absolute atomic E-state index is 13.7. The fraction of sp³-hybridized carbons (Fsp3) is 0.609. The number of benzene rings is 1. The summed E-state index contributed by atoms with van der Waals surface area (Å²) in [6, 6.07) is 4.91. The van der Waals surface area contributed by atoms with Crippen LogP contribution in [0.2, 0.25) is 0 Å². The van der Waals surface area contributed by atoms with Gasteiger partial charge in [-0.1, -0.05) is 0 Å². The molecule has 2 amide bonds. The van der Waals surface area contributed by atoms with E-state index in [1.165, 1.54) is 19.3 Å². The Hall–Kier alpha value is -2.57. The van der Waals surface area contributed by atoms with Gasteiger partial charge in [-0.2, -0.15) is 0 Å². The summed E-state index contributed by atoms with van der Waals surface area (Å²) in [7, 11) is 0. The van der Waals surface area contributed by atoms with Gasteiger partial charge < -0.3 is 20.2 Å². The molecule has 7 nitrogen and oxygen atoms in total. The molecule has 4 bridgehead atoms. The van der Waals surface area contributed by atoms with Crippen LogP contribution in [0.15, 0.2) is 23.0 Å². The lowest BCUT2D eigenvalue weighted by molar-refractivity contribution is -0.160. The van der Waals surface area contributed by atoms with Crippen LogP contribution in [0.5, 0.6) is 0 Å². The van der Waals surface area contributed by atoms with Crippen LogP contribution in [-0.2, 0) is 9.59 Å². The van der Waals surface area contributed by atoms with Crippen molar-refractivity contribution in [3.8, 4) is 0 Å². The molecule has 5 fully saturated rings. The molecule has 1 aromatic carbocycles. The molecule has 1 aliphatic heterocycles. The molecule has 1 aromatic heterocycles. The largest absolute Gasteiger partial charge is 0.330 e. The van der Waals surface area contributed by atoms with Crippen molar-refractivity contribution in [3.05, 3.63) is 28.7 Å². The van der Waals surface area contributed by atoms with Gasteiger partial charge in [0.05, 0.1) is 16.4 Å². The zero-order chi connectivity index (χ0) is 20.5. The van der Waals surface area contributed by atoms with Crippen molar-refractivity contribution in [2.45, 2.75) is 57.4 Å². The van der Waals surface area contributed by atoms with Crippen LogP contribution in [-0.4, -0.2) is 39.3 Å². The van der Waals surface area contributed by atoms with Gasteiger partial charge in [-0.05, 0) is 87.3 Å². The molecule has 30 heavy (non-hydrogen) atoms. The van der Waals surface area contributed by atoms with Crippen molar-refractivity contribution in [2.75, 3.05) is 11.9 Å². The SMILES string of the molecule is O=C(Nc1ccc2[nH]c(=O)[nH]c2c1)[C@H]1CCCN1C(=O)C12CC3CC(CC(C3)C1)C2. The number of likely N-dealkylation sites (tertiary alicyclic amines) is 1. The molecule has 4 saturated carbocycles. The minimum atomic E-state index is -0.397. The van der Waals surface area contributed by atoms with Gasteiger partial charge in [0.1, 0.15) is 6.04 Å². The van der Waals surface area contributed by atoms with Crippen LogP contribution in [0.1, 0.15) is 51.4 Å². The van der Waals surface area contributed by atoms with Gasteiger partial charge in [0.2, 0.25) is 11.8 Å². The summed E-state index contributed by atoms with van der Waals surface area (Å²) in [6.45, 7) is 0.683. The Morgan fingerprint density at radius 1 is 1.00 bits per heavy atom. The Labute approximate surface area is 174 Å². The highest BCUT2D eigenvalue weighted by Crippen LogP contribution is 2.60. The molecular weight excluding hydrogens is 380 g/mol. The van der Waals surface area contributed by atoms with Gasteiger partial charge in [0.15, 0.2) is 0 Å². The lowest BCUT2D eigenvalue weighted by atomic mass is 9.49. The first-order valence-corrected chi connectivity index (χ1v) is 11.3. The van der Waals surface area contributed by atoms with E-state index in [0.29, 0.717) is 47.4 Å². The first-order valence-electron chi connectivity index (χ1n) is 11.3. The average Bonchev–Trinajstić information content (AvgIpc) is 3.31. The third kappa shape index (κ3) is 2.81. The highest BCUT2D eigenvalue weighted by Gasteiger charge is 2.56. The summed E-state index contributed by atoms with van der Waals surface area (Å²) in [6.07, 6.45) is 8.59. The fourth-order valence-electron chi connectivity index (χ4n) is 7.30. The fourth-order valence-corrected chi connectivity index (χ4v) is 7.30. The van der Waals surface area contributed by atoms with Crippen LogP contribution >= 0.6 is 0 Å². The molecule has 7 heteroatoms. The third-order valence-electron chi connectivity index (χ3n) is 8.09. The maximum Gasteiger partial charge on any atom is 0.323 e. The quantitative estimate of drug-likeness (QED) is 0.728. The van der Waals surface area contributed by atoms with Crippen molar-refractivity contribution < 1.29 is 9.59 Å². The van der Waals surface area contributed by atoms with Gasteiger partial charge in [-0.25, -0.2) is 4.79 Å². The minimum absolute atomic E-state index is 0.122. The summed E-state index contributed by atoms with van der Waals surface area (Å²) in [5.74, 6) is 2.26. The first kappa shape index (κ1) is 18.2. The van der Waals surface area contributed by atoms with Crippen molar-refractivity contribution >= 4 is 28.5 Å². The third-order valence-corrected chi connectivity index (χ3v) is 8.09. The topological polar surface area (TPSA) is 98.1 Å². The number of nitrogens with zero attached hydrogens (tertiary/aromatic N) is 1. The van der Waals surface area contributed by atoms with Crippen LogP contribution in [0.3, 0.4) is 0 Å². The van der Waals surface area contributed by atoms with Gasteiger partial charge >= 0.3 is 5.69 Å². The van der Waals surface area contributed by atoms with E-state index >= 15 is 0 Å². The number of hydrogen-bond acceptors (Lipinski definition) is 3.